The van der Waals surface area contributed by atoms with E-state index in [9.17, 15) is 4.79 Å². The molecule has 0 aliphatic rings. The van der Waals surface area contributed by atoms with Crippen molar-refractivity contribution < 1.29 is 14.3 Å². The zero-order valence-corrected chi connectivity index (χ0v) is 11.6. The van der Waals surface area contributed by atoms with Crippen molar-refractivity contribution in [3.05, 3.63) is 36.4 Å². The van der Waals surface area contributed by atoms with E-state index in [1.807, 2.05) is 24.3 Å². The van der Waals surface area contributed by atoms with E-state index in [4.69, 9.17) is 9.52 Å². The highest BCUT2D eigenvalue weighted by molar-refractivity contribution is 5.90. The van der Waals surface area contributed by atoms with Gasteiger partial charge in [-0.15, -0.1) is 0 Å². The van der Waals surface area contributed by atoms with Crippen molar-refractivity contribution in [2.45, 2.75) is 32.8 Å². The molecule has 0 saturated carbocycles. The number of nitrogens with zero attached hydrogens (tertiary/aromatic N) is 1. The summed E-state index contributed by atoms with van der Waals surface area (Å²) in [5.41, 5.74) is 2.43. The number of oxazole rings is 1. The summed E-state index contributed by atoms with van der Waals surface area (Å²) in [6.45, 7) is 3.46. The highest BCUT2D eigenvalue weighted by Crippen LogP contribution is 2.20. The van der Waals surface area contributed by atoms with Crippen LogP contribution < -0.4 is 5.32 Å². The molecular formula is C15H18N2O3. The van der Waals surface area contributed by atoms with Crippen molar-refractivity contribution in [2.24, 2.45) is 0 Å². The van der Waals surface area contributed by atoms with Crippen molar-refractivity contribution in [1.82, 2.24) is 4.98 Å². The van der Waals surface area contributed by atoms with Gasteiger partial charge in [0.05, 0.1) is 6.10 Å². The van der Waals surface area contributed by atoms with Crippen LogP contribution >= 0.6 is 0 Å². The summed E-state index contributed by atoms with van der Waals surface area (Å²) < 4.78 is 5.16. The molecule has 0 bridgehead atoms. The van der Waals surface area contributed by atoms with Crippen LogP contribution in [-0.2, 0) is 4.79 Å². The Labute approximate surface area is 117 Å². The number of carbonyl (C=O) groups is 1. The van der Waals surface area contributed by atoms with Gasteiger partial charge < -0.3 is 14.8 Å². The van der Waals surface area contributed by atoms with Gasteiger partial charge in [0.1, 0.15) is 12.0 Å². The van der Waals surface area contributed by atoms with Crippen molar-refractivity contribution in [3.8, 4) is 11.3 Å². The molecule has 106 valence electrons. The molecule has 1 atom stereocenters. The number of hydrogen-bond acceptors (Lipinski definition) is 4. The zero-order valence-electron chi connectivity index (χ0n) is 11.6. The molecule has 0 spiro atoms. The summed E-state index contributed by atoms with van der Waals surface area (Å²) in [4.78, 5) is 15.9. The molecule has 2 N–H and O–H groups in total. The van der Waals surface area contributed by atoms with E-state index in [-0.39, 0.29) is 5.91 Å². The standard InChI is InChI=1S/C15H18N2O3/c1-10(18)3-8-15(19)17-13-6-4-12(5-7-13)14-9-20-11(2)16-14/h4-7,9-10,18H,3,8H2,1-2H3,(H,17,19). The van der Waals surface area contributed by atoms with E-state index < -0.39 is 6.10 Å². The quantitative estimate of drug-likeness (QED) is 0.879. The van der Waals surface area contributed by atoms with E-state index in [1.165, 1.54) is 0 Å². The number of aryl methyl sites for hydroxylation is 1. The second kappa shape index (κ2) is 6.34. The number of nitrogens with one attached hydrogen (secondary N) is 1. The topological polar surface area (TPSA) is 75.4 Å². The van der Waals surface area contributed by atoms with Crippen molar-refractivity contribution in [2.75, 3.05) is 5.32 Å². The van der Waals surface area contributed by atoms with Crippen molar-refractivity contribution >= 4 is 11.6 Å². The van der Waals surface area contributed by atoms with E-state index in [1.54, 1.807) is 20.1 Å². The number of aliphatic hydroxyl groups is 1. The maximum atomic E-state index is 11.6. The smallest absolute Gasteiger partial charge is 0.224 e. The van der Waals surface area contributed by atoms with Crippen molar-refractivity contribution in [3.63, 3.8) is 0 Å². The van der Waals surface area contributed by atoms with E-state index >= 15 is 0 Å². The number of amides is 1. The Morgan fingerprint density at radius 3 is 2.65 bits per heavy atom. The highest BCUT2D eigenvalue weighted by Gasteiger charge is 2.06. The summed E-state index contributed by atoms with van der Waals surface area (Å²) in [6.07, 6.45) is 1.91. The minimum Gasteiger partial charge on any atom is -0.449 e. The van der Waals surface area contributed by atoms with Crippen LogP contribution in [0.25, 0.3) is 11.3 Å². The van der Waals surface area contributed by atoms with Crippen LogP contribution in [0.5, 0.6) is 0 Å². The van der Waals surface area contributed by atoms with Gasteiger partial charge in [0.2, 0.25) is 5.91 Å². The van der Waals surface area contributed by atoms with Gasteiger partial charge in [-0.05, 0) is 25.5 Å². The summed E-state index contributed by atoms with van der Waals surface area (Å²) in [7, 11) is 0. The summed E-state index contributed by atoms with van der Waals surface area (Å²) in [5.74, 6) is 0.520. The second-order valence-electron chi connectivity index (χ2n) is 4.76. The van der Waals surface area contributed by atoms with Gasteiger partial charge in [-0.1, -0.05) is 12.1 Å². The first-order chi connectivity index (χ1) is 9.54. The normalized spacial score (nSPS) is 12.2. The number of benzene rings is 1. The van der Waals surface area contributed by atoms with Gasteiger partial charge in [-0.25, -0.2) is 4.98 Å². The maximum Gasteiger partial charge on any atom is 0.224 e. The molecule has 5 heteroatoms. The average Bonchev–Trinajstić information content (AvgIpc) is 2.84. The number of rotatable bonds is 5. The van der Waals surface area contributed by atoms with Gasteiger partial charge in [0, 0.05) is 24.6 Å². The third-order valence-corrected chi connectivity index (χ3v) is 2.87. The molecule has 2 aromatic rings. The van der Waals surface area contributed by atoms with Gasteiger partial charge >= 0.3 is 0 Å². The number of anilines is 1. The minimum absolute atomic E-state index is 0.101. The van der Waals surface area contributed by atoms with Crippen LogP contribution in [0.1, 0.15) is 25.7 Å². The monoisotopic (exact) mass is 274 g/mol. The Balaban J connectivity index is 1.96. The fourth-order valence-corrected chi connectivity index (χ4v) is 1.78. The third-order valence-electron chi connectivity index (χ3n) is 2.87. The lowest BCUT2D eigenvalue weighted by Gasteiger charge is -2.07. The first kappa shape index (κ1) is 14.3. The molecule has 0 aliphatic heterocycles. The molecule has 1 aromatic carbocycles. The molecule has 0 radical (unpaired) electrons. The molecule has 0 saturated heterocycles. The molecule has 1 amide bonds. The Hall–Kier alpha value is -2.14. The number of aromatic nitrogens is 1. The first-order valence-electron chi connectivity index (χ1n) is 6.55. The van der Waals surface area contributed by atoms with E-state index in [2.05, 4.69) is 10.3 Å². The molecule has 1 unspecified atom stereocenters. The molecule has 1 aromatic heterocycles. The number of carbonyl (C=O) groups excluding carboxylic acids is 1. The van der Waals surface area contributed by atoms with Crippen LogP contribution in [0.3, 0.4) is 0 Å². The summed E-state index contributed by atoms with van der Waals surface area (Å²) >= 11 is 0. The largest absolute Gasteiger partial charge is 0.449 e. The number of aliphatic hydroxyl groups excluding tert-OH is 1. The highest BCUT2D eigenvalue weighted by atomic mass is 16.3. The van der Waals surface area contributed by atoms with Gasteiger partial charge in [0.25, 0.3) is 0 Å². The lowest BCUT2D eigenvalue weighted by atomic mass is 10.1. The molecule has 20 heavy (non-hydrogen) atoms. The van der Waals surface area contributed by atoms with Crippen molar-refractivity contribution in [1.29, 1.82) is 0 Å². The third kappa shape index (κ3) is 3.93. The van der Waals surface area contributed by atoms with Crippen LogP contribution in [-0.4, -0.2) is 22.1 Å². The fraction of sp³-hybridized carbons (Fsp3) is 0.333. The molecule has 1 heterocycles. The lowest BCUT2D eigenvalue weighted by Crippen LogP contribution is -2.13. The van der Waals surface area contributed by atoms with Crippen LogP contribution in [0.4, 0.5) is 5.69 Å². The van der Waals surface area contributed by atoms with E-state index in [0.717, 1.165) is 16.9 Å². The first-order valence-corrected chi connectivity index (χ1v) is 6.55. The van der Waals surface area contributed by atoms with Gasteiger partial charge in [-0.3, -0.25) is 4.79 Å². The summed E-state index contributed by atoms with van der Waals surface area (Å²) in [6, 6.07) is 7.39. The van der Waals surface area contributed by atoms with Gasteiger partial charge in [-0.2, -0.15) is 0 Å². The molecular weight excluding hydrogens is 256 g/mol. The average molecular weight is 274 g/mol. The second-order valence-corrected chi connectivity index (χ2v) is 4.76. The van der Waals surface area contributed by atoms with E-state index in [0.29, 0.717) is 18.7 Å². The summed E-state index contributed by atoms with van der Waals surface area (Å²) in [5, 5.41) is 11.9. The van der Waals surface area contributed by atoms with Gasteiger partial charge in [0.15, 0.2) is 5.89 Å². The zero-order chi connectivity index (χ0) is 14.5. The van der Waals surface area contributed by atoms with Crippen LogP contribution in [0, 0.1) is 6.92 Å². The minimum atomic E-state index is -0.460. The lowest BCUT2D eigenvalue weighted by molar-refractivity contribution is -0.116. The maximum absolute atomic E-state index is 11.6. The van der Waals surface area contributed by atoms with Crippen LogP contribution in [0.15, 0.2) is 34.9 Å². The molecule has 0 fully saturated rings. The molecule has 5 nitrogen and oxygen atoms in total. The molecule has 2 rings (SSSR count). The Bertz CT molecular complexity index is 573. The molecule has 0 aliphatic carbocycles. The predicted octanol–water partition coefficient (Wildman–Crippen LogP) is 2.75. The Kier molecular flexibility index (Phi) is 4.53. The Morgan fingerprint density at radius 1 is 1.40 bits per heavy atom. The SMILES string of the molecule is Cc1nc(-c2ccc(NC(=O)CCC(C)O)cc2)co1. The van der Waals surface area contributed by atoms with Crippen LogP contribution in [0.2, 0.25) is 0 Å². The number of hydrogen-bond donors (Lipinski definition) is 2. The fourth-order valence-electron chi connectivity index (χ4n) is 1.78. The Morgan fingerprint density at radius 2 is 2.10 bits per heavy atom. The predicted molar refractivity (Wildman–Crippen MR) is 76.2 cm³/mol.